The topological polar surface area (TPSA) is 57.2 Å². The van der Waals surface area contributed by atoms with Crippen LogP contribution >= 0.6 is 0 Å². The number of hydrogen-bond donors (Lipinski definition) is 0. The van der Waals surface area contributed by atoms with E-state index < -0.39 is 27.7 Å². The number of unbranched alkanes of at least 4 members (excludes halogenated alkanes) is 3. The van der Waals surface area contributed by atoms with Crippen LogP contribution in [0.5, 0.6) is 0 Å². The van der Waals surface area contributed by atoms with Crippen molar-refractivity contribution in [2.75, 3.05) is 26.2 Å². The van der Waals surface area contributed by atoms with E-state index in [0.717, 1.165) is 6.42 Å². The molecule has 0 unspecified atom stereocenters. The predicted octanol–water partition coefficient (Wildman–Crippen LogP) is 4.61. The fourth-order valence-corrected chi connectivity index (χ4v) is 2.91. The van der Waals surface area contributed by atoms with Crippen molar-refractivity contribution < 1.29 is 35.0 Å². The van der Waals surface area contributed by atoms with Crippen LogP contribution in [0.15, 0.2) is 0 Å². The first-order valence-corrected chi connectivity index (χ1v) is 10.3. The van der Waals surface area contributed by atoms with E-state index in [2.05, 4.69) is 27.7 Å². The fraction of sp³-hybridized carbons (Fsp3) is 1.00. The maximum Gasteiger partial charge on any atom is 0.396 e. The fourth-order valence-electron chi connectivity index (χ4n) is 2.44. The van der Waals surface area contributed by atoms with Crippen LogP contribution in [0.4, 0.5) is 17.6 Å². The third-order valence-electron chi connectivity index (χ3n) is 4.77. The van der Waals surface area contributed by atoms with Gasteiger partial charge in [0.1, 0.15) is 0 Å². The summed E-state index contributed by atoms with van der Waals surface area (Å²) in [6, 6.07) is 0. The van der Waals surface area contributed by atoms with Gasteiger partial charge in [0.15, 0.2) is 10.1 Å². The molecule has 0 aromatic carbocycles. The van der Waals surface area contributed by atoms with Crippen LogP contribution in [0.3, 0.4) is 0 Å². The normalized spacial score (nSPS) is 13.4. The first kappa shape index (κ1) is 26.8. The van der Waals surface area contributed by atoms with Crippen LogP contribution in [0, 0.1) is 0 Å². The molecule has 154 valence electrons. The number of alkyl halides is 4. The minimum Gasteiger partial charge on any atom is -0.743 e. The molecule has 0 aromatic rings. The maximum absolute atomic E-state index is 12.8. The van der Waals surface area contributed by atoms with Gasteiger partial charge in [-0.1, -0.05) is 26.2 Å². The smallest absolute Gasteiger partial charge is 0.396 e. The number of nitrogens with zero attached hydrogens (tertiary/aromatic N) is 1. The quantitative estimate of drug-likeness (QED) is 0.222. The third-order valence-corrected chi connectivity index (χ3v) is 5.69. The molecule has 0 N–H and O–H groups in total. The molecular weight excluding hydrogens is 362 g/mol. The standard InChI is InChI=1S/C8H14F4O3S.C8H20N/c1-2-3-4-5-6-7(9,10)8(11,12)16(13,14)15;1-5-9(6-2,7-3)8-4/h2-6H2,1H3,(H,13,14,15);5-8H2,1-4H3/q;+1/p-1. The van der Waals surface area contributed by atoms with Gasteiger partial charge in [0.25, 0.3) is 0 Å². The van der Waals surface area contributed by atoms with E-state index >= 15 is 0 Å². The lowest BCUT2D eigenvalue weighted by molar-refractivity contribution is -0.921. The Kier molecular flexibility index (Phi) is 12.2. The van der Waals surface area contributed by atoms with Crippen molar-refractivity contribution in [3.63, 3.8) is 0 Å². The van der Waals surface area contributed by atoms with Crippen molar-refractivity contribution in [1.29, 1.82) is 0 Å². The second-order valence-electron chi connectivity index (χ2n) is 6.09. The van der Waals surface area contributed by atoms with E-state index in [4.69, 9.17) is 0 Å². The number of halogens is 4. The number of hydrogen-bond acceptors (Lipinski definition) is 3. The summed E-state index contributed by atoms with van der Waals surface area (Å²) in [6.45, 7) is 16.0. The highest BCUT2D eigenvalue weighted by molar-refractivity contribution is 7.86. The van der Waals surface area contributed by atoms with E-state index in [0.29, 0.717) is 12.8 Å². The monoisotopic (exact) mass is 395 g/mol. The lowest BCUT2D eigenvalue weighted by Crippen LogP contribution is -2.47. The summed E-state index contributed by atoms with van der Waals surface area (Å²) < 4.78 is 82.0. The highest BCUT2D eigenvalue weighted by Crippen LogP contribution is 2.41. The third kappa shape index (κ3) is 8.21. The van der Waals surface area contributed by atoms with Crippen LogP contribution in [0.2, 0.25) is 0 Å². The zero-order valence-electron chi connectivity index (χ0n) is 16.0. The predicted molar refractivity (Wildman–Crippen MR) is 90.8 cm³/mol. The maximum atomic E-state index is 12.8. The molecule has 0 aliphatic heterocycles. The van der Waals surface area contributed by atoms with E-state index in [1.165, 1.54) is 30.7 Å². The first-order valence-electron chi connectivity index (χ1n) is 8.86. The lowest BCUT2D eigenvalue weighted by Gasteiger charge is -2.34. The van der Waals surface area contributed by atoms with Crippen molar-refractivity contribution >= 4 is 10.1 Å². The van der Waals surface area contributed by atoms with Gasteiger partial charge in [-0.15, -0.1) is 0 Å². The number of rotatable bonds is 11. The molecule has 4 nitrogen and oxygen atoms in total. The molecule has 0 spiro atoms. The molecule has 0 heterocycles. The summed E-state index contributed by atoms with van der Waals surface area (Å²) in [6.07, 6.45) is 0.0576. The Balaban J connectivity index is 0. The number of quaternary nitrogens is 1. The van der Waals surface area contributed by atoms with Crippen molar-refractivity contribution in [2.24, 2.45) is 0 Å². The van der Waals surface area contributed by atoms with Gasteiger partial charge in [-0.2, -0.15) is 17.6 Å². The van der Waals surface area contributed by atoms with Gasteiger partial charge in [0.2, 0.25) is 0 Å². The average Bonchev–Trinajstić information content (AvgIpc) is 2.54. The summed E-state index contributed by atoms with van der Waals surface area (Å²) in [5.74, 6) is -4.80. The summed E-state index contributed by atoms with van der Waals surface area (Å²) in [4.78, 5) is 0. The van der Waals surface area contributed by atoms with Gasteiger partial charge in [0.05, 0.1) is 26.2 Å². The van der Waals surface area contributed by atoms with Gasteiger partial charge < -0.3 is 9.04 Å². The zero-order chi connectivity index (χ0) is 20.4. The molecule has 0 saturated heterocycles. The molecule has 0 fully saturated rings. The SMILES string of the molecule is CCCCCCC(F)(F)C(F)(F)S(=O)(=O)[O-].CC[N+](CC)(CC)CC. The summed E-state index contributed by atoms with van der Waals surface area (Å²) in [5, 5.41) is -5.54. The Bertz CT molecular complexity index is 435. The Morgan fingerprint density at radius 1 is 0.800 bits per heavy atom. The van der Waals surface area contributed by atoms with Crippen LogP contribution in [0.1, 0.15) is 66.7 Å². The zero-order valence-corrected chi connectivity index (χ0v) is 16.8. The van der Waals surface area contributed by atoms with E-state index in [9.17, 15) is 30.5 Å². The van der Waals surface area contributed by atoms with Crippen molar-refractivity contribution in [1.82, 2.24) is 0 Å². The molecule has 0 atom stereocenters. The molecule has 0 rings (SSSR count). The largest absolute Gasteiger partial charge is 0.743 e. The molecule has 0 aliphatic carbocycles. The van der Waals surface area contributed by atoms with Crippen LogP contribution < -0.4 is 0 Å². The molecular formula is C16H33F4NO3S. The molecule has 25 heavy (non-hydrogen) atoms. The van der Waals surface area contributed by atoms with Crippen LogP contribution in [-0.4, -0.2) is 54.8 Å². The van der Waals surface area contributed by atoms with Crippen molar-refractivity contribution in [3.8, 4) is 0 Å². The highest BCUT2D eigenvalue weighted by Gasteiger charge is 2.60. The van der Waals surface area contributed by atoms with E-state index in [1.54, 1.807) is 6.92 Å². The molecule has 0 amide bonds. The second kappa shape index (κ2) is 11.3. The highest BCUT2D eigenvalue weighted by atomic mass is 32.2. The lowest BCUT2D eigenvalue weighted by atomic mass is 10.1. The summed E-state index contributed by atoms with van der Waals surface area (Å²) in [7, 11) is -6.34. The second-order valence-corrected chi connectivity index (χ2v) is 7.51. The van der Waals surface area contributed by atoms with E-state index in [-0.39, 0.29) is 6.42 Å². The molecule has 0 saturated carbocycles. The summed E-state index contributed by atoms with van der Waals surface area (Å²) >= 11 is 0. The Labute approximate surface area is 149 Å². The van der Waals surface area contributed by atoms with Gasteiger partial charge >= 0.3 is 11.2 Å². The summed E-state index contributed by atoms with van der Waals surface area (Å²) in [5.41, 5.74) is 0. The Morgan fingerprint density at radius 2 is 1.20 bits per heavy atom. The molecule has 9 heteroatoms. The Morgan fingerprint density at radius 3 is 1.44 bits per heavy atom. The van der Waals surface area contributed by atoms with Crippen LogP contribution in [0.25, 0.3) is 0 Å². The molecule has 0 bridgehead atoms. The molecule has 0 aliphatic rings. The van der Waals surface area contributed by atoms with E-state index in [1.807, 2.05) is 0 Å². The first-order chi connectivity index (χ1) is 11.3. The minimum atomic E-state index is -6.34. The van der Waals surface area contributed by atoms with Gasteiger partial charge in [-0.25, -0.2) is 8.42 Å². The van der Waals surface area contributed by atoms with Gasteiger partial charge in [-0.3, -0.25) is 0 Å². The average molecular weight is 396 g/mol. The van der Waals surface area contributed by atoms with Crippen LogP contribution in [-0.2, 0) is 10.1 Å². The van der Waals surface area contributed by atoms with Crippen molar-refractivity contribution in [3.05, 3.63) is 0 Å². The van der Waals surface area contributed by atoms with Gasteiger partial charge in [-0.05, 0) is 34.1 Å². The van der Waals surface area contributed by atoms with Crippen molar-refractivity contribution in [2.45, 2.75) is 77.9 Å². The molecule has 0 aromatic heterocycles. The van der Waals surface area contributed by atoms with Gasteiger partial charge in [0, 0.05) is 6.42 Å². The molecule has 0 radical (unpaired) electrons. The Hall–Kier alpha value is -0.410. The minimum absolute atomic E-state index is 0.244.